The Kier molecular flexibility index (Phi) is 19.5. The van der Waals surface area contributed by atoms with Crippen LogP contribution in [-0.4, -0.2) is 142 Å². The Balaban J connectivity index is 1.80. The van der Waals surface area contributed by atoms with Crippen molar-refractivity contribution in [3.8, 4) is 0 Å². The van der Waals surface area contributed by atoms with Crippen LogP contribution in [0.5, 0.6) is 0 Å². The molecule has 2 aliphatic rings. The standard InChI is InChI=1S/C39H61N11O9S/c1-22(2)31(48-33(53)25(15-19-60-3)45-32(52)24(40)21-30(41)51)37(57)50-18-9-14-29(50)35(55)47-27(20-23-10-5-4-6-11-23)36(56)49-17-8-13-28(49)34(54)46-26(38(58)59)12-7-16-44-39(42)43/h4-6,10-11,22,24-29,31H,7-9,12-21,40H2,1-3H3,(H2,41,51)(H,45,52)(H,46,54)(H,47,55)(H,48,53)(H,58,59)(H4,42,43,44)/t24-,25-,26-,27-,28-,29-,31-/m0/s1. The number of carboxylic acids is 1. The Labute approximate surface area is 354 Å². The summed E-state index contributed by atoms with van der Waals surface area (Å²) in [6, 6.07) is 1.14. The van der Waals surface area contributed by atoms with E-state index < -0.39 is 102 Å². The van der Waals surface area contributed by atoms with Gasteiger partial charge >= 0.3 is 5.97 Å². The molecule has 0 aromatic heterocycles. The van der Waals surface area contributed by atoms with Crippen LogP contribution < -0.4 is 44.2 Å². The van der Waals surface area contributed by atoms with Gasteiger partial charge in [-0.25, -0.2) is 4.79 Å². The Bertz CT molecular complexity index is 1710. The van der Waals surface area contributed by atoms with Crippen LogP contribution in [-0.2, 0) is 44.8 Å². The number of aliphatic carboxylic acids is 1. The molecule has 0 radical (unpaired) electrons. The second-order valence-electron chi connectivity index (χ2n) is 15.3. The highest BCUT2D eigenvalue weighted by atomic mass is 32.2. The highest BCUT2D eigenvalue weighted by Crippen LogP contribution is 2.23. The fraction of sp³-hybridized carbons (Fsp3) is 0.615. The van der Waals surface area contributed by atoms with Gasteiger partial charge in [-0.2, -0.15) is 11.8 Å². The van der Waals surface area contributed by atoms with E-state index >= 15 is 0 Å². The molecule has 0 aliphatic carbocycles. The first-order valence-electron chi connectivity index (χ1n) is 20.1. The van der Waals surface area contributed by atoms with E-state index in [0.717, 1.165) is 5.56 Å². The number of aliphatic imine (C=N–C) groups is 1. The number of hydrogen-bond donors (Lipinski definition) is 9. The van der Waals surface area contributed by atoms with Gasteiger partial charge in [-0.1, -0.05) is 44.2 Å². The first-order valence-corrected chi connectivity index (χ1v) is 21.5. The summed E-state index contributed by atoms with van der Waals surface area (Å²) < 4.78 is 0. The minimum absolute atomic E-state index is 0.0471. The van der Waals surface area contributed by atoms with Crippen LogP contribution in [0.3, 0.4) is 0 Å². The summed E-state index contributed by atoms with van der Waals surface area (Å²) in [6.07, 6.45) is 3.49. The van der Waals surface area contributed by atoms with Crippen molar-refractivity contribution in [3.05, 3.63) is 35.9 Å². The first kappa shape index (κ1) is 48.9. The zero-order valence-corrected chi connectivity index (χ0v) is 35.3. The topological polar surface area (TPSA) is 328 Å². The van der Waals surface area contributed by atoms with Crippen LogP contribution in [0.2, 0.25) is 0 Å². The van der Waals surface area contributed by atoms with Crippen molar-refractivity contribution in [2.45, 2.75) is 114 Å². The molecule has 0 bridgehead atoms. The first-order chi connectivity index (χ1) is 28.4. The van der Waals surface area contributed by atoms with Crippen LogP contribution in [0.15, 0.2) is 35.3 Å². The molecule has 13 N–H and O–H groups in total. The number of nitrogens with zero attached hydrogens (tertiary/aromatic N) is 3. The van der Waals surface area contributed by atoms with Crippen molar-refractivity contribution < 1.29 is 43.5 Å². The van der Waals surface area contributed by atoms with E-state index in [1.165, 1.54) is 21.6 Å². The number of rotatable bonds is 23. The van der Waals surface area contributed by atoms with E-state index in [1.807, 2.05) is 6.26 Å². The van der Waals surface area contributed by atoms with E-state index in [-0.39, 0.29) is 64.1 Å². The number of benzene rings is 1. The van der Waals surface area contributed by atoms with Gasteiger partial charge in [0.15, 0.2) is 5.96 Å². The highest BCUT2D eigenvalue weighted by Gasteiger charge is 2.43. The fourth-order valence-electron chi connectivity index (χ4n) is 7.19. The molecule has 21 heteroatoms. The van der Waals surface area contributed by atoms with E-state index in [4.69, 9.17) is 22.9 Å². The third-order valence-corrected chi connectivity index (χ3v) is 11.0. The molecular formula is C39H61N11O9S. The number of nitrogens with one attached hydrogen (secondary N) is 4. The summed E-state index contributed by atoms with van der Waals surface area (Å²) in [5, 5.41) is 20.5. The number of likely N-dealkylation sites (tertiary alicyclic amines) is 2. The van der Waals surface area contributed by atoms with Crippen LogP contribution in [0.4, 0.5) is 0 Å². The van der Waals surface area contributed by atoms with Crippen molar-refractivity contribution in [1.82, 2.24) is 31.1 Å². The van der Waals surface area contributed by atoms with Gasteiger partial charge < -0.3 is 59.1 Å². The maximum absolute atomic E-state index is 14.3. The molecule has 60 heavy (non-hydrogen) atoms. The number of hydrogen-bond acceptors (Lipinski definition) is 11. The average molecular weight is 860 g/mol. The summed E-state index contributed by atoms with van der Waals surface area (Å²) in [4.78, 5) is 112. The lowest BCUT2D eigenvalue weighted by Gasteiger charge is -2.33. The van der Waals surface area contributed by atoms with Crippen molar-refractivity contribution >= 4 is 65.0 Å². The molecule has 1 aromatic carbocycles. The smallest absolute Gasteiger partial charge is 0.326 e. The summed E-state index contributed by atoms with van der Waals surface area (Å²) in [6.45, 7) is 4.03. The Hall–Kier alpha value is -5.44. The zero-order chi connectivity index (χ0) is 44.5. The molecule has 0 spiro atoms. The Morgan fingerprint density at radius 2 is 1.38 bits per heavy atom. The molecule has 7 atom stereocenters. The summed E-state index contributed by atoms with van der Waals surface area (Å²) in [5.41, 5.74) is 22.4. The van der Waals surface area contributed by atoms with Crippen molar-refractivity contribution in [2.24, 2.45) is 33.8 Å². The fourth-order valence-corrected chi connectivity index (χ4v) is 7.66. The minimum atomic E-state index is -1.27. The van der Waals surface area contributed by atoms with Gasteiger partial charge in [-0.3, -0.25) is 38.6 Å². The predicted octanol–water partition coefficient (Wildman–Crippen LogP) is -2.10. The lowest BCUT2D eigenvalue weighted by molar-refractivity contribution is -0.146. The normalized spacial score (nSPS) is 18.7. The maximum Gasteiger partial charge on any atom is 0.326 e. The molecule has 2 saturated heterocycles. The second kappa shape index (κ2) is 24.0. The third-order valence-electron chi connectivity index (χ3n) is 10.4. The molecule has 2 aliphatic heterocycles. The minimum Gasteiger partial charge on any atom is -0.480 e. The quantitative estimate of drug-likeness (QED) is 0.0324. The SMILES string of the molecule is CSCC[C@H](NC(=O)[C@@H](N)CC(N)=O)C(=O)N[C@H](C(=O)N1CCC[C@H]1C(=O)N[C@@H](Cc1ccccc1)C(=O)N1CCC[C@H]1C(=O)N[C@@H](CCCN=C(N)N)C(=O)O)C(C)C. The molecule has 20 nitrogen and oxygen atoms in total. The van der Waals surface area contributed by atoms with E-state index in [9.17, 15) is 43.5 Å². The number of carbonyl (C=O) groups excluding carboxylic acids is 7. The number of amides is 7. The lowest BCUT2D eigenvalue weighted by atomic mass is 10.0. The van der Waals surface area contributed by atoms with Gasteiger partial charge in [-0.05, 0) is 68.4 Å². The monoisotopic (exact) mass is 859 g/mol. The van der Waals surface area contributed by atoms with Crippen LogP contribution >= 0.6 is 11.8 Å². The van der Waals surface area contributed by atoms with Crippen LogP contribution in [0, 0.1) is 5.92 Å². The number of thioether (sulfide) groups is 1. The average Bonchev–Trinajstić information content (AvgIpc) is 3.90. The molecule has 0 unspecified atom stereocenters. The van der Waals surface area contributed by atoms with E-state index in [2.05, 4.69) is 26.3 Å². The van der Waals surface area contributed by atoms with Crippen molar-refractivity contribution in [1.29, 1.82) is 0 Å². The zero-order valence-electron chi connectivity index (χ0n) is 34.5. The third kappa shape index (κ3) is 14.7. The van der Waals surface area contributed by atoms with Crippen molar-refractivity contribution in [3.63, 3.8) is 0 Å². The maximum atomic E-state index is 14.3. The predicted molar refractivity (Wildman–Crippen MR) is 225 cm³/mol. The Morgan fingerprint density at radius 3 is 1.92 bits per heavy atom. The molecule has 332 valence electrons. The van der Waals surface area contributed by atoms with Gasteiger partial charge in [0.2, 0.25) is 41.4 Å². The van der Waals surface area contributed by atoms with Gasteiger partial charge in [0.25, 0.3) is 0 Å². The molecule has 3 rings (SSSR count). The van der Waals surface area contributed by atoms with Gasteiger partial charge in [0, 0.05) is 26.1 Å². The number of carboxylic acid groups (broad SMARTS) is 1. The second-order valence-corrected chi connectivity index (χ2v) is 16.3. The summed E-state index contributed by atoms with van der Waals surface area (Å²) in [5.74, 6) is -5.82. The molecular weight excluding hydrogens is 799 g/mol. The molecule has 2 fully saturated rings. The molecule has 7 amide bonds. The number of primary amides is 1. The largest absolute Gasteiger partial charge is 0.480 e. The lowest BCUT2D eigenvalue weighted by Crippen LogP contribution is -2.60. The number of carbonyl (C=O) groups is 8. The van der Waals surface area contributed by atoms with E-state index in [1.54, 1.807) is 44.2 Å². The molecule has 0 saturated carbocycles. The van der Waals surface area contributed by atoms with Crippen LogP contribution in [0.1, 0.15) is 70.8 Å². The van der Waals surface area contributed by atoms with Gasteiger partial charge in [0.1, 0.15) is 36.3 Å². The molecule has 1 aromatic rings. The van der Waals surface area contributed by atoms with E-state index in [0.29, 0.717) is 18.6 Å². The summed E-state index contributed by atoms with van der Waals surface area (Å²) in [7, 11) is 0. The number of guanidine groups is 1. The number of nitrogens with two attached hydrogens (primary N) is 4. The molecule has 2 heterocycles. The Morgan fingerprint density at radius 1 is 0.800 bits per heavy atom. The van der Waals surface area contributed by atoms with Crippen LogP contribution in [0.25, 0.3) is 0 Å². The van der Waals surface area contributed by atoms with Crippen molar-refractivity contribution in [2.75, 3.05) is 31.6 Å². The van der Waals surface area contributed by atoms with Gasteiger partial charge in [-0.15, -0.1) is 0 Å². The van der Waals surface area contributed by atoms with Gasteiger partial charge in [0.05, 0.1) is 12.5 Å². The highest BCUT2D eigenvalue weighted by molar-refractivity contribution is 7.98. The summed E-state index contributed by atoms with van der Waals surface area (Å²) >= 11 is 1.44.